The molecule has 0 saturated carbocycles. The molecule has 2 aromatic rings. The van der Waals surface area contributed by atoms with E-state index in [9.17, 15) is 15.0 Å². The van der Waals surface area contributed by atoms with E-state index >= 15 is 0 Å². The van der Waals surface area contributed by atoms with E-state index < -0.39 is 66.8 Å². The van der Waals surface area contributed by atoms with Gasteiger partial charge in [-0.3, -0.25) is 4.79 Å². The second-order valence-corrected chi connectivity index (χ2v) is 11.2. The van der Waals surface area contributed by atoms with E-state index in [0.29, 0.717) is 34.3 Å². The lowest BCUT2D eigenvalue weighted by Crippen LogP contribution is -2.63. The first-order valence-electron chi connectivity index (χ1n) is 14.2. The lowest BCUT2D eigenvalue weighted by Gasteiger charge is -2.47. The van der Waals surface area contributed by atoms with Crippen LogP contribution in [0.15, 0.2) is 24.3 Å². The third-order valence-corrected chi connectivity index (χ3v) is 8.93. The van der Waals surface area contributed by atoms with E-state index in [4.69, 9.17) is 47.4 Å². The van der Waals surface area contributed by atoms with Crippen LogP contribution in [-0.2, 0) is 28.5 Å². The molecule has 0 bridgehead atoms. The minimum atomic E-state index is -1.42. The van der Waals surface area contributed by atoms with Gasteiger partial charge in [-0.15, -0.1) is 0 Å². The van der Waals surface area contributed by atoms with Crippen molar-refractivity contribution in [3.8, 4) is 28.7 Å². The maximum Gasteiger partial charge on any atom is 0.310 e. The molecule has 0 amide bonds. The van der Waals surface area contributed by atoms with Gasteiger partial charge in [-0.1, -0.05) is 0 Å². The number of aliphatic hydroxyl groups is 2. The van der Waals surface area contributed by atoms with Gasteiger partial charge in [-0.05, 0) is 47.9 Å². The molecule has 0 aromatic heterocycles. The second kappa shape index (κ2) is 11.0. The first-order chi connectivity index (χ1) is 20.8. The van der Waals surface area contributed by atoms with Crippen molar-refractivity contribution in [1.29, 1.82) is 0 Å². The Bertz CT molecular complexity index is 1370. The lowest BCUT2D eigenvalue weighted by molar-refractivity contribution is -0.364. The van der Waals surface area contributed by atoms with Gasteiger partial charge in [0.2, 0.25) is 12.5 Å². The average Bonchev–Trinajstić information content (AvgIpc) is 3.64. The van der Waals surface area contributed by atoms with Gasteiger partial charge in [-0.25, -0.2) is 0 Å². The van der Waals surface area contributed by atoms with Crippen molar-refractivity contribution in [3.63, 3.8) is 0 Å². The smallest absolute Gasteiger partial charge is 0.310 e. The highest BCUT2D eigenvalue weighted by atomic mass is 16.8. The Morgan fingerprint density at radius 1 is 0.837 bits per heavy atom. The molecule has 43 heavy (non-hydrogen) atoms. The van der Waals surface area contributed by atoms with Gasteiger partial charge in [0.25, 0.3) is 0 Å². The highest BCUT2D eigenvalue weighted by Crippen LogP contribution is 2.57. The molecule has 5 aliphatic rings. The molecule has 10 atom stereocenters. The fraction of sp³-hybridized carbons (Fsp3) is 0.567. The quantitative estimate of drug-likeness (QED) is 0.462. The number of esters is 1. The van der Waals surface area contributed by atoms with E-state index in [-0.39, 0.29) is 20.0 Å². The summed E-state index contributed by atoms with van der Waals surface area (Å²) in [4.78, 5) is 13.5. The largest absolute Gasteiger partial charge is 0.493 e. The number of carbonyl (C=O) groups is 1. The summed E-state index contributed by atoms with van der Waals surface area (Å²) >= 11 is 0. The number of cyclic esters (lactones) is 1. The molecule has 0 radical (unpaired) electrons. The molecule has 1 aliphatic carbocycles. The maximum atomic E-state index is 13.5. The number of aliphatic hydroxyl groups excluding tert-OH is 2. The summed E-state index contributed by atoms with van der Waals surface area (Å²) in [5.74, 6) is 0.289. The van der Waals surface area contributed by atoms with Gasteiger partial charge in [-0.2, -0.15) is 0 Å². The summed E-state index contributed by atoms with van der Waals surface area (Å²) in [7, 11) is 4.58. The molecule has 232 valence electrons. The normalized spacial score (nSPS) is 35.8. The third-order valence-electron chi connectivity index (χ3n) is 8.93. The molecule has 3 fully saturated rings. The summed E-state index contributed by atoms with van der Waals surface area (Å²) < 4.78 is 57.7. The first-order valence-corrected chi connectivity index (χ1v) is 14.2. The number of hydrogen-bond acceptors (Lipinski definition) is 13. The zero-order valence-electron chi connectivity index (χ0n) is 24.1. The van der Waals surface area contributed by atoms with Crippen molar-refractivity contribution in [2.75, 3.05) is 41.3 Å². The van der Waals surface area contributed by atoms with E-state index in [0.717, 1.165) is 11.1 Å². The van der Waals surface area contributed by atoms with Gasteiger partial charge in [0.05, 0.1) is 46.6 Å². The monoisotopic (exact) mass is 602 g/mol. The summed E-state index contributed by atoms with van der Waals surface area (Å²) in [6.45, 7) is 1.99. The first kappa shape index (κ1) is 28.4. The van der Waals surface area contributed by atoms with Crippen LogP contribution in [0.3, 0.4) is 0 Å². The van der Waals surface area contributed by atoms with Crippen LogP contribution in [0.25, 0.3) is 0 Å². The molecular weight excluding hydrogens is 568 g/mol. The zero-order chi connectivity index (χ0) is 30.0. The van der Waals surface area contributed by atoms with Crippen molar-refractivity contribution >= 4 is 5.97 Å². The summed E-state index contributed by atoms with van der Waals surface area (Å²) in [5.41, 5.74) is 2.19. The minimum absolute atomic E-state index is 0.0473. The van der Waals surface area contributed by atoms with Crippen LogP contribution in [-0.4, -0.2) is 94.5 Å². The Balaban J connectivity index is 1.32. The van der Waals surface area contributed by atoms with Crippen LogP contribution < -0.4 is 23.7 Å². The summed E-state index contributed by atoms with van der Waals surface area (Å²) in [6, 6.07) is 7.31. The van der Waals surface area contributed by atoms with Gasteiger partial charge in [0.1, 0.15) is 24.4 Å². The number of rotatable bonds is 6. The molecule has 4 heterocycles. The zero-order valence-corrected chi connectivity index (χ0v) is 24.1. The Morgan fingerprint density at radius 2 is 1.53 bits per heavy atom. The highest BCUT2D eigenvalue weighted by Gasteiger charge is 2.56. The third kappa shape index (κ3) is 4.57. The molecular formula is C30H34O13. The Labute approximate surface area is 247 Å². The lowest BCUT2D eigenvalue weighted by atomic mass is 9.66. The number of carbonyl (C=O) groups excluding carboxylic acids is 1. The van der Waals surface area contributed by atoms with Crippen LogP contribution in [0.4, 0.5) is 0 Å². The highest BCUT2D eigenvalue weighted by molar-refractivity contribution is 5.79. The van der Waals surface area contributed by atoms with Gasteiger partial charge >= 0.3 is 5.97 Å². The standard InChI is InChI=1S/C30H34O13/c1-12-37-10-21-28(41-12)24(31)25(32)30(42-21)43-26-15-8-18-17(39-11-40-18)7-14(15)22(23-16(26)9-38-29(23)33)13-5-19(34-2)27(36-4)20(6-13)35-3/h5-8,12,16,21-26,28,30-32H,9-11H2,1-4H3/t12-,16-,21-,22-,23-,24+,25-,26+,28+,30-/m0/s1. The molecule has 3 saturated heterocycles. The molecule has 4 aliphatic heterocycles. The number of fused-ring (bicyclic) bond motifs is 4. The number of methoxy groups -OCH3 is 3. The van der Waals surface area contributed by atoms with E-state index in [1.54, 1.807) is 6.92 Å². The van der Waals surface area contributed by atoms with Gasteiger partial charge < -0.3 is 57.6 Å². The van der Waals surface area contributed by atoms with E-state index in [1.165, 1.54) is 21.3 Å². The fourth-order valence-corrected chi connectivity index (χ4v) is 6.92. The predicted molar refractivity (Wildman–Crippen MR) is 143 cm³/mol. The van der Waals surface area contributed by atoms with Crippen LogP contribution in [0, 0.1) is 11.8 Å². The molecule has 2 N–H and O–H groups in total. The van der Waals surface area contributed by atoms with Crippen LogP contribution in [0.1, 0.15) is 35.6 Å². The predicted octanol–water partition coefficient (Wildman–Crippen LogP) is 1.64. The van der Waals surface area contributed by atoms with E-state index in [1.807, 2.05) is 24.3 Å². The number of benzene rings is 2. The van der Waals surface area contributed by atoms with Crippen molar-refractivity contribution in [2.24, 2.45) is 11.8 Å². The average molecular weight is 603 g/mol. The SMILES string of the molecule is COc1cc([C@H]2c3cc4c(cc3[C@@H](O[C@@H]3O[C@H]5CO[C@H](C)O[C@H]5[C@H](O)[C@@H]3O)[C@H]3COC(=O)[C@H]23)OCO4)cc(OC)c1OC. The van der Waals surface area contributed by atoms with Crippen LogP contribution in [0.2, 0.25) is 0 Å². The molecule has 0 spiro atoms. The van der Waals surface area contributed by atoms with Gasteiger partial charge in [0.15, 0.2) is 35.6 Å². The maximum absolute atomic E-state index is 13.5. The molecule has 2 aromatic carbocycles. The number of ether oxygens (including phenoxy) is 10. The molecule has 0 unspecified atom stereocenters. The number of hydrogen-bond donors (Lipinski definition) is 2. The van der Waals surface area contributed by atoms with Crippen molar-refractivity contribution < 1.29 is 62.4 Å². The fourth-order valence-electron chi connectivity index (χ4n) is 6.92. The Kier molecular flexibility index (Phi) is 7.27. The second-order valence-electron chi connectivity index (χ2n) is 11.2. The van der Waals surface area contributed by atoms with Crippen LogP contribution >= 0.6 is 0 Å². The Hall–Kier alpha value is -3.33. The summed E-state index contributed by atoms with van der Waals surface area (Å²) in [6.07, 6.45) is -6.70. The van der Waals surface area contributed by atoms with E-state index in [2.05, 4.69) is 0 Å². The topological polar surface area (TPSA) is 150 Å². The molecule has 13 heteroatoms. The van der Waals surface area contributed by atoms with Crippen molar-refractivity contribution in [1.82, 2.24) is 0 Å². The summed E-state index contributed by atoms with van der Waals surface area (Å²) in [5, 5.41) is 22.0. The van der Waals surface area contributed by atoms with Crippen molar-refractivity contribution in [2.45, 2.75) is 55.9 Å². The molecule has 7 rings (SSSR count). The van der Waals surface area contributed by atoms with Crippen LogP contribution in [0.5, 0.6) is 28.7 Å². The minimum Gasteiger partial charge on any atom is -0.493 e. The Morgan fingerprint density at radius 3 is 2.21 bits per heavy atom. The molecule has 13 nitrogen and oxygen atoms in total. The van der Waals surface area contributed by atoms with Crippen molar-refractivity contribution in [3.05, 3.63) is 41.0 Å². The van der Waals surface area contributed by atoms with Gasteiger partial charge in [0, 0.05) is 11.8 Å².